The van der Waals surface area contributed by atoms with Crippen molar-refractivity contribution in [3.8, 4) is 11.4 Å². The average Bonchev–Trinajstić information content (AvgIpc) is 3.32. The number of fused-ring (bicyclic) bond motifs is 1. The summed E-state index contributed by atoms with van der Waals surface area (Å²) in [7, 11) is 0. The Kier molecular flexibility index (Phi) is 7.04. The molecule has 10 heteroatoms. The van der Waals surface area contributed by atoms with Crippen LogP contribution >= 0.6 is 23.1 Å². The van der Waals surface area contributed by atoms with E-state index in [0.717, 1.165) is 47.3 Å². The number of anilines is 1. The molecular weight excluding hydrogens is 458 g/mol. The molecule has 174 valence electrons. The number of nitrogens with two attached hydrogens (primary N) is 1. The zero-order chi connectivity index (χ0) is 23.5. The minimum absolute atomic E-state index is 0.0878. The van der Waals surface area contributed by atoms with Gasteiger partial charge in [-0.05, 0) is 52.0 Å². The molecule has 1 aliphatic carbocycles. The van der Waals surface area contributed by atoms with Crippen molar-refractivity contribution >= 4 is 40.0 Å². The topological polar surface area (TPSA) is 112 Å². The lowest BCUT2D eigenvalue weighted by Crippen LogP contribution is -2.19. The van der Waals surface area contributed by atoms with E-state index in [4.69, 9.17) is 10.6 Å². The van der Waals surface area contributed by atoms with Crippen molar-refractivity contribution in [2.45, 2.75) is 57.7 Å². The van der Waals surface area contributed by atoms with Crippen LogP contribution in [0.5, 0.6) is 0 Å². The Hall–Kier alpha value is -2.85. The van der Waals surface area contributed by atoms with Gasteiger partial charge >= 0.3 is 5.97 Å². The number of thioether (sulfide) groups is 1. The summed E-state index contributed by atoms with van der Waals surface area (Å²) in [5.41, 5.74) is 3.51. The minimum atomic E-state index is -0.378. The molecule has 3 aromatic rings. The zero-order valence-electron chi connectivity index (χ0n) is 18.9. The first kappa shape index (κ1) is 23.3. The Morgan fingerprint density at radius 2 is 1.94 bits per heavy atom. The van der Waals surface area contributed by atoms with Crippen molar-refractivity contribution < 1.29 is 14.3 Å². The number of hydrogen-bond acceptors (Lipinski definition) is 8. The molecule has 0 unspecified atom stereocenters. The van der Waals surface area contributed by atoms with Gasteiger partial charge in [-0.25, -0.2) is 9.47 Å². The lowest BCUT2D eigenvalue weighted by Gasteiger charge is -2.14. The van der Waals surface area contributed by atoms with Crippen LogP contribution in [0.4, 0.5) is 5.00 Å². The standard InChI is InChI=1S/C23H27N5O3S2/c1-13(2)31-22(30)19-16-6-4-5-7-17(16)33-21(19)25-18(29)12-32-23-27-26-20(28(23)24)15-10-8-14(3)9-11-15/h8-11,13H,4-7,12,24H2,1-3H3,(H,25,29). The van der Waals surface area contributed by atoms with Gasteiger partial charge in [0.1, 0.15) is 5.00 Å². The van der Waals surface area contributed by atoms with E-state index in [9.17, 15) is 9.59 Å². The summed E-state index contributed by atoms with van der Waals surface area (Å²) in [6, 6.07) is 7.82. The Morgan fingerprint density at radius 1 is 1.21 bits per heavy atom. The van der Waals surface area contributed by atoms with Crippen LogP contribution in [0.2, 0.25) is 0 Å². The summed E-state index contributed by atoms with van der Waals surface area (Å²) < 4.78 is 6.84. The highest BCUT2D eigenvalue weighted by atomic mass is 32.2. The third kappa shape index (κ3) is 5.22. The number of nitrogens with zero attached hydrogens (tertiary/aromatic N) is 3. The summed E-state index contributed by atoms with van der Waals surface area (Å²) in [5.74, 6) is 6.17. The van der Waals surface area contributed by atoms with Crippen molar-refractivity contribution in [1.29, 1.82) is 0 Å². The van der Waals surface area contributed by atoms with Gasteiger partial charge in [-0.2, -0.15) is 0 Å². The molecule has 2 aromatic heterocycles. The molecule has 0 spiro atoms. The number of benzene rings is 1. The molecule has 3 N–H and O–H groups in total. The normalized spacial score (nSPS) is 13.1. The molecule has 0 atom stereocenters. The molecule has 0 saturated carbocycles. The molecule has 0 aliphatic heterocycles. The van der Waals surface area contributed by atoms with Crippen molar-refractivity contribution in [2.75, 3.05) is 16.9 Å². The minimum Gasteiger partial charge on any atom is -0.459 e. The SMILES string of the molecule is Cc1ccc(-c2nnc(SCC(=O)Nc3sc4c(c3C(=O)OC(C)C)CCCC4)n2N)cc1. The Balaban J connectivity index is 1.46. The highest BCUT2D eigenvalue weighted by molar-refractivity contribution is 7.99. The van der Waals surface area contributed by atoms with Gasteiger partial charge in [0.05, 0.1) is 17.4 Å². The summed E-state index contributed by atoms with van der Waals surface area (Å²) in [6.07, 6.45) is 3.64. The molecule has 0 radical (unpaired) electrons. The van der Waals surface area contributed by atoms with Gasteiger partial charge in [-0.15, -0.1) is 21.5 Å². The maximum Gasteiger partial charge on any atom is 0.341 e. The van der Waals surface area contributed by atoms with Gasteiger partial charge in [-0.1, -0.05) is 41.6 Å². The van der Waals surface area contributed by atoms with E-state index in [2.05, 4.69) is 15.5 Å². The summed E-state index contributed by atoms with van der Waals surface area (Å²) in [6.45, 7) is 5.65. The number of rotatable bonds is 7. The van der Waals surface area contributed by atoms with Crippen LogP contribution in [0.15, 0.2) is 29.4 Å². The molecule has 4 rings (SSSR count). The van der Waals surface area contributed by atoms with Crippen LogP contribution in [-0.2, 0) is 22.4 Å². The van der Waals surface area contributed by atoms with Gasteiger partial charge in [0.15, 0.2) is 5.82 Å². The third-order valence-corrected chi connectivity index (χ3v) is 7.43. The Bertz CT molecular complexity index is 1170. The smallest absolute Gasteiger partial charge is 0.341 e. The van der Waals surface area contributed by atoms with Crippen molar-refractivity contribution in [3.63, 3.8) is 0 Å². The van der Waals surface area contributed by atoms with E-state index >= 15 is 0 Å². The first-order valence-electron chi connectivity index (χ1n) is 10.9. The number of thiophene rings is 1. The monoisotopic (exact) mass is 485 g/mol. The average molecular weight is 486 g/mol. The number of aromatic nitrogens is 3. The fraction of sp³-hybridized carbons (Fsp3) is 0.391. The molecule has 0 bridgehead atoms. The second kappa shape index (κ2) is 9.96. The lowest BCUT2D eigenvalue weighted by molar-refractivity contribution is -0.113. The van der Waals surface area contributed by atoms with Crippen LogP contribution < -0.4 is 11.2 Å². The number of ether oxygens (including phenoxy) is 1. The van der Waals surface area contributed by atoms with Gasteiger partial charge in [0, 0.05) is 10.4 Å². The van der Waals surface area contributed by atoms with E-state index in [1.807, 2.05) is 45.0 Å². The fourth-order valence-corrected chi connectivity index (χ4v) is 5.66. The van der Waals surface area contributed by atoms with Gasteiger partial charge in [-0.3, -0.25) is 4.79 Å². The second-order valence-electron chi connectivity index (χ2n) is 8.25. The molecular formula is C23H27N5O3S2. The largest absolute Gasteiger partial charge is 0.459 e. The van der Waals surface area contributed by atoms with E-state index < -0.39 is 0 Å². The maximum atomic E-state index is 12.8. The molecule has 8 nitrogen and oxygen atoms in total. The first-order chi connectivity index (χ1) is 15.8. The molecule has 2 heterocycles. The Morgan fingerprint density at radius 3 is 2.67 bits per heavy atom. The third-order valence-electron chi connectivity index (χ3n) is 5.28. The van der Waals surface area contributed by atoms with Gasteiger partial charge in [0.2, 0.25) is 11.1 Å². The van der Waals surface area contributed by atoms with Crippen LogP contribution in [0.1, 0.15) is 53.1 Å². The van der Waals surface area contributed by atoms with Gasteiger partial charge in [0.25, 0.3) is 0 Å². The van der Waals surface area contributed by atoms with Crippen LogP contribution in [0.3, 0.4) is 0 Å². The molecule has 0 saturated heterocycles. The molecule has 0 fully saturated rings. The summed E-state index contributed by atoms with van der Waals surface area (Å²) in [5, 5.41) is 12.2. The van der Waals surface area contributed by atoms with Crippen molar-refractivity contribution in [1.82, 2.24) is 14.9 Å². The Labute approximate surface area is 200 Å². The van der Waals surface area contributed by atoms with Crippen LogP contribution in [0, 0.1) is 6.92 Å². The highest BCUT2D eigenvalue weighted by Gasteiger charge is 2.28. The molecule has 1 aromatic carbocycles. The number of nitrogen functional groups attached to an aromatic ring is 1. The van der Waals surface area contributed by atoms with Crippen LogP contribution in [0.25, 0.3) is 11.4 Å². The van der Waals surface area contributed by atoms with Gasteiger partial charge < -0.3 is 15.9 Å². The predicted octanol–water partition coefficient (Wildman–Crippen LogP) is 4.20. The number of carbonyl (C=O) groups is 2. The number of hydrogen-bond donors (Lipinski definition) is 2. The quantitative estimate of drug-likeness (QED) is 0.293. The molecule has 1 aliphatic rings. The van der Waals surface area contributed by atoms with E-state index in [1.54, 1.807) is 0 Å². The number of nitrogens with one attached hydrogen (secondary N) is 1. The summed E-state index contributed by atoms with van der Waals surface area (Å²) in [4.78, 5) is 26.7. The lowest BCUT2D eigenvalue weighted by atomic mass is 9.95. The number of carbonyl (C=O) groups excluding carboxylic acids is 2. The van der Waals surface area contributed by atoms with Crippen LogP contribution in [-0.4, -0.2) is 38.6 Å². The number of esters is 1. The predicted molar refractivity (Wildman–Crippen MR) is 131 cm³/mol. The van der Waals surface area contributed by atoms with Crippen molar-refractivity contribution in [2.24, 2.45) is 0 Å². The van der Waals surface area contributed by atoms with Crippen molar-refractivity contribution in [3.05, 3.63) is 45.8 Å². The maximum absolute atomic E-state index is 12.8. The summed E-state index contributed by atoms with van der Waals surface area (Å²) >= 11 is 2.67. The first-order valence-corrected chi connectivity index (χ1v) is 12.7. The number of amides is 1. The second-order valence-corrected chi connectivity index (χ2v) is 10.3. The molecule has 33 heavy (non-hydrogen) atoms. The molecule has 1 amide bonds. The highest BCUT2D eigenvalue weighted by Crippen LogP contribution is 2.39. The van der Waals surface area contributed by atoms with E-state index in [1.165, 1.54) is 27.8 Å². The zero-order valence-corrected chi connectivity index (χ0v) is 20.5. The van der Waals surface area contributed by atoms with E-state index in [0.29, 0.717) is 21.5 Å². The number of aryl methyl sites for hydroxylation is 2. The van der Waals surface area contributed by atoms with E-state index in [-0.39, 0.29) is 23.7 Å². The fourth-order valence-electron chi connectivity index (χ4n) is 3.71.